The van der Waals surface area contributed by atoms with E-state index in [1.165, 1.54) is 10.9 Å². The van der Waals surface area contributed by atoms with E-state index in [1.807, 2.05) is 6.92 Å². The molecule has 4 aromatic heterocycles. The lowest BCUT2D eigenvalue weighted by atomic mass is 10.2. The van der Waals surface area contributed by atoms with Gasteiger partial charge in [-0.1, -0.05) is 0 Å². The summed E-state index contributed by atoms with van der Waals surface area (Å²) in [6.07, 6.45) is 7.94. The number of amides is 1. The van der Waals surface area contributed by atoms with Crippen molar-refractivity contribution in [3.8, 4) is 40.2 Å². The Hall–Kier alpha value is -5.39. The van der Waals surface area contributed by atoms with E-state index in [9.17, 15) is 4.79 Å². The zero-order valence-electron chi connectivity index (χ0n) is 22.2. The number of nitrogens with zero attached hydrogens (tertiary/aromatic N) is 5. The van der Waals surface area contributed by atoms with Gasteiger partial charge in [0.15, 0.2) is 22.9 Å². The number of hydrogen-bond donors (Lipinski definition) is 1. The van der Waals surface area contributed by atoms with Crippen molar-refractivity contribution in [2.24, 2.45) is 0 Å². The lowest BCUT2D eigenvalue weighted by Crippen LogP contribution is -2.15. The van der Waals surface area contributed by atoms with E-state index in [0.29, 0.717) is 58.1 Å². The van der Waals surface area contributed by atoms with Crippen LogP contribution in [-0.2, 0) is 0 Å². The third-order valence-electron chi connectivity index (χ3n) is 5.84. The summed E-state index contributed by atoms with van der Waals surface area (Å²) in [5.41, 5.74) is 1.33. The first-order valence-corrected chi connectivity index (χ1v) is 12.2. The molecule has 0 aliphatic carbocycles. The van der Waals surface area contributed by atoms with Crippen LogP contribution in [0.15, 0.2) is 67.4 Å². The number of ether oxygens (including phenoxy) is 5. The average molecular weight is 543 g/mol. The Morgan fingerprint density at radius 2 is 1.65 bits per heavy atom. The van der Waals surface area contributed by atoms with Gasteiger partial charge >= 0.3 is 0 Å². The van der Waals surface area contributed by atoms with Gasteiger partial charge in [0.25, 0.3) is 5.91 Å². The normalized spacial score (nSPS) is 10.7. The standard InChI is InChI=1S/C28H26N6O6/c1-5-39-25-16-34(20-15-29-10-8-22(20)36-2)33-27(25)28(35)32-26-7-6-17(14-31-26)40-21-9-11-30-19-13-24(38-4)23(37-3)12-18(19)21/h6-16H,5H2,1-4H3,(H,31,32,35). The minimum atomic E-state index is -0.493. The van der Waals surface area contributed by atoms with Gasteiger partial charge < -0.3 is 29.0 Å². The van der Waals surface area contributed by atoms with Crippen LogP contribution >= 0.6 is 0 Å². The molecule has 5 rings (SSSR count). The van der Waals surface area contributed by atoms with E-state index in [1.54, 1.807) is 82.5 Å². The molecule has 0 bridgehead atoms. The molecule has 40 heavy (non-hydrogen) atoms. The molecule has 0 unspecified atom stereocenters. The number of carbonyl (C=O) groups excluding carboxylic acids is 1. The summed E-state index contributed by atoms with van der Waals surface area (Å²) in [6.45, 7) is 2.17. The molecule has 0 aliphatic heterocycles. The molecule has 0 atom stereocenters. The maximum atomic E-state index is 13.1. The Labute approximate surface area is 229 Å². The zero-order chi connectivity index (χ0) is 28.1. The van der Waals surface area contributed by atoms with E-state index < -0.39 is 5.91 Å². The molecule has 204 valence electrons. The van der Waals surface area contributed by atoms with Crippen molar-refractivity contribution in [1.29, 1.82) is 0 Å². The summed E-state index contributed by atoms with van der Waals surface area (Å²) in [5, 5.41) is 7.90. The molecule has 0 fully saturated rings. The highest BCUT2D eigenvalue weighted by Gasteiger charge is 2.21. The zero-order valence-corrected chi connectivity index (χ0v) is 22.2. The van der Waals surface area contributed by atoms with E-state index in [4.69, 9.17) is 23.7 Å². The van der Waals surface area contributed by atoms with Crippen molar-refractivity contribution in [1.82, 2.24) is 24.7 Å². The molecule has 0 saturated carbocycles. The van der Waals surface area contributed by atoms with Crippen LogP contribution in [0.25, 0.3) is 16.6 Å². The molecule has 0 spiro atoms. The highest BCUT2D eigenvalue weighted by molar-refractivity contribution is 6.04. The number of nitrogens with one attached hydrogen (secondary N) is 1. The fraction of sp³-hybridized carbons (Fsp3) is 0.179. The van der Waals surface area contributed by atoms with Gasteiger partial charge in [0.2, 0.25) is 0 Å². The smallest absolute Gasteiger partial charge is 0.281 e. The number of aromatic nitrogens is 5. The first-order valence-electron chi connectivity index (χ1n) is 12.2. The molecule has 5 aromatic rings. The largest absolute Gasteiger partial charge is 0.494 e. The van der Waals surface area contributed by atoms with Gasteiger partial charge in [0.1, 0.15) is 28.8 Å². The molecule has 1 N–H and O–H groups in total. The predicted octanol–water partition coefficient (Wildman–Crippen LogP) is 4.68. The number of fused-ring (bicyclic) bond motifs is 1. The fourth-order valence-corrected chi connectivity index (χ4v) is 3.97. The van der Waals surface area contributed by atoms with E-state index in [0.717, 1.165) is 5.39 Å². The van der Waals surface area contributed by atoms with Crippen molar-refractivity contribution in [3.05, 3.63) is 73.1 Å². The predicted molar refractivity (Wildman–Crippen MR) is 146 cm³/mol. The molecule has 1 aromatic carbocycles. The van der Waals surface area contributed by atoms with Crippen LogP contribution in [0.3, 0.4) is 0 Å². The van der Waals surface area contributed by atoms with Gasteiger partial charge in [-0.05, 0) is 31.2 Å². The maximum Gasteiger partial charge on any atom is 0.281 e. The minimum absolute atomic E-state index is 0.0857. The SMILES string of the molecule is CCOc1cn(-c2cnccc2OC)nc1C(=O)Nc1ccc(Oc2ccnc3cc(OC)c(OC)cc23)cn1. The first-order chi connectivity index (χ1) is 19.5. The van der Waals surface area contributed by atoms with Crippen LogP contribution in [0.4, 0.5) is 5.82 Å². The summed E-state index contributed by atoms with van der Waals surface area (Å²) in [4.78, 5) is 26.0. The summed E-state index contributed by atoms with van der Waals surface area (Å²) in [6, 6.07) is 10.3. The van der Waals surface area contributed by atoms with Crippen molar-refractivity contribution in [3.63, 3.8) is 0 Å². The van der Waals surface area contributed by atoms with Crippen LogP contribution in [0.1, 0.15) is 17.4 Å². The number of pyridine rings is 3. The van der Waals surface area contributed by atoms with Crippen LogP contribution in [0.5, 0.6) is 34.5 Å². The molecule has 12 nitrogen and oxygen atoms in total. The summed E-state index contributed by atoms with van der Waals surface area (Å²) in [5.74, 6) is 2.81. The molecule has 0 radical (unpaired) electrons. The van der Waals surface area contributed by atoms with Gasteiger partial charge in [0, 0.05) is 29.9 Å². The summed E-state index contributed by atoms with van der Waals surface area (Å²) >= 11 is 0. The summed E-state index contributed by atoms with van der Waals surface area (Å²) in [7, 11) is 4.68. The van der Waals surface area contributed by atoms with Crippen molar-refractivity contribution in [2.75, 3.05) is 33.3 Å². The quantitative estimate of drug-likeness (QED) is 0.265. The van der Waals surface area contributed by atoms with E-state index in [2.05, 4.69) is 25.4 Å². The van der Waals surface area contributed by atoms with Gasteiger partial charge in [-0.2, -0.15) is 5.10 Å². The second-order valence-electron chi connectivity index (χ2n) is 8.24. The third-order valence-corrected chi connectivity index (χ3v) is 5.84. The van der Waals surface area contributed by atoms with Crippen LogP contribution in [0.2, 0.25) is 0 Å². The monoisotopic (exact) mass is 542 g/mol. The second-order valence-corrected chi connectivity index (χ2v) is 8.24. The highest BCUT2D eigenvalue weighted by atomic mass is 16.5. The molecule has 12 heteroatoms. The topological polar surface area (TPSA) is 132 Å². The Balaban J connectivity index is 1.35. The molecule has 1 amide bonds. The Bertz CT molecular complexity index is 1650. The maximum absolute atomic E-state index is 13.1. The number of carbonyl (C=O) groups is 1. The Morgan fingerprint density at radius 3 is 2.38 bits per heavy atom. The lowest BCUT2D eigenvalue weighted by Gasteiger charge is -2.12. The Morgan fingerprint density at radius 1 is 0.875 bits per heavy atom. The number of rotatable bonds is 10. The van der Waals surface area contributed by atoms with E-state index >= 15 is 0 Å². The van der Waals surface area contributed by atoms with Gasteiger partial charge in [-0.25, -0.2) is 9.67 Å². The minimum Gasteiger partial charge on any atom is -0.494 e. The third kappa shape index (κ3) is 5.27. The number of methoxy groups -OCH3 is 3. The van der Waals surface area contributed by atoms with Crippen molar-refractivity contribution >= 4 is 22.6 Å². The van der Waals surface area contributed by atoms with Crippen LogP contribution < -0.4 is 29.0 Å². The van der Waals surface area contributed by atoms with E-state index in [-0.39, 0.29) is 5.69 Å². The second kappa shape index (κ2) is 11.6. The van der Waals surface area contributed by atoms with Gasteiger partial charge in [0.05, 0.1) is 52.0 Å². The molecule has 4 heterocycles. The number of anilines is 1. The molecule has 0 aliphatic rings. The highest BCUT2D eigenvalue weighted by Crippen LogP contribution is 2.37. The Kier molecular flexibility index (Phi) is 7.58. The van der Waals surface area contributed by atoms with Crippen molar-refractivity contribution in [2.45, 2.75) is 6.92 Å². The summed E-state index contributed by atoms with van der Waals surface area (Å²) < 4.78 is 29.4. The van der Waals surface area contributed by atoms with Gasteiger partial charge in [-0.3, -0.25) is 14.8 Å². The molecular weight excluding hydrogens is 516 g/mol. The van der Waals surface area contributed by atoms with Crippen LogP contribution in [0, 0.1) is 0 Å². The number of hydrogen-bond acceptors (Lipinski definition) is 10. The average Bonchev–Trinajstić information content (AvgIpc) is 3.41. The lowest BCUT2D eigenvalue weighted by molar-refractivity contribution is 0.101. The van der Waals surface area contributed by atoms with Gasteiger partial charge in [-0.15, -0.1) is 0 Å². The fourth-order valence-electron chi connectivity index (χ4n) is 3.97. The van der Waals surface area contributed by atoms with Crippen LogP contribution in [-0.4, -0.2) is 58.6 Å². The number of benzene rings is 1. The van der Waals surface area contributed by atoms with Crippen molar-refractivity contribution < 1.29 is 28.5 Å². The molecule has 0 saturated heterocycles. The first kappa shape index (κ1) is 26.2. The molecular formula is C28H26N6O6.